The summed E-state index contributed by atoms with van der Waals surface area (Å²) < 4.78 is 0. The van der Waals surface area contributed by atoms with Gasteiger partial charge in [-0.2, -0.15) is 0 Å². The molecule has 0 aliphatic heterocycles. The van der Waals surface area contributed by atoms with Gasteiger partial charge in [-0.3, -0.25) is 4.79 Å². The summed E-state index contributed by atoms with van der Waals surface area (Å²) >= 11 is 0. The first-order valence-corrected chi connectivity index (χ1v) is 8.83. The van der Waals surface area contributed by atoms with Gasteiger partial charge in [0, 0.05) is 0 Å². The van der Waals surface area contributed by atoms with Crippen LogP contribution in [-0.4, -0.2) is 11.1 Å². The molecule has 0 bridgehead atoms. The van der Waals surface area contributed by atoms with Crippen molar-refractivity contribution >= 4 is 5.97 Å². The molecule has 0 heterocycles. The molecule has 0 aromatic rings. The van der Waals surface area contributed by atoms with E-state index < -0.39 is 5.97 Å². The highest BCUT2D eigenvalue weighted by molar-refractivity contribution is 5.76. The van der Waals surface area contributed by atoms with Crippen LogP contribution in [0, 0.1) is 6.42 Å². The van der Waals surface area contributed by atoms with Gasteiger partial charge in [-0.05, 0) is 6.42 Å². The first-order valence-electron chi connectivity index (χ1n) is 8.83. The lowest BCUT2D eigenvalue weighted by atomic mass is 10.0. The number of carboxylic acid groups (broad SMARTS) is 1. The van der Waals surface area contributed by atoms with Crippen LogP contribution < -0.4 is 0 Å². The van der Waals surface area contributed by atoms with Crippen molar-refractivity contribution in [2.24, 2.45) is 0 Å². The molecule has 0 amide bonds. The predicted molar refractivity (Wildman–Crippen MR) is 86.9 cm³/mol. The van der Waals surface area contributed by atoms with E-state index in [0.29, 0.717) is 0 Å². The highest BCUT2D eigenvalue weighted by atomic mass is 16.4. The van der Waals surface area contributed by atoms with Crippen molar-refractivity contribution in [1.29, 1.82) is 0 Å². The number of hydrogen-bond acceptors (Lipinski definition) is 1. The molecule has 0 atom stereocenters. The van der Waals surface area contributed by atoms with E-state index in [1.165, 1.54) is 89.9 Å². The highest BCUT2D eigenvalue weighted by Crippen LogP contribution is 2.13. The number of hydrogen-bond donors (Lipinski definition) is 1. The van der Waals surface area contributed by atoms with E-state index >= 15 is 0 Å². The monoisotopic (exact) mass is 283 g/mol. The summed E-state index contributed by atoms with van der Waals surface area (Å²) in [6.45, 7) is 2.27. The molecule has 0 aliphatic carbocycles. The maximum atomic E-state index is 10.3. The fraction of sp³-hybridized carbons (Fsp3) is 0.889. The molecule has 0 aliphatic rings. The average molecular weight is 283 g/mol. The van der Waals surface area contributed by atoms with E-state index in [9.17, 15) is 4.79 Å². The highest BCUT2D eigenvalue weighted by Gasteiger charge is 1.97. The van der Waals surface area contributed by atoms with Crippen LogP contribution in [0.1, 0.15) is 103 Å². The number of carbonyl (C=O) groups is 1. The SMILES string of the molecule is CCCCCCCCCCCCCCCC[CH]C(=O)O. The molecule has 0 aromatic carbocycles. The third-order valence-electron chi connectivity index (χ3n) is 3.88. The topological polar surface area (TPSA) is 37.3 Å². The first-order chi connectivity index (χ1) is 9.77. The van der Waals surface area contributed by atoms with Crippen molar-refractivity contribution < 1.29 is 9.90 Å². The lowest BCUT2D eigenvalue weighted by Gasteiger charge is -2.03. The summed E-state index contributed by atoms with van der Waals surface area (Å²) in [6.07, 6.45) is 20.9. The lowest BCUT2D eigenvalue weighted by Crippen LogP contribution is -1.94. The van der Waals surface area contributed by atoms with Gasteiger partial charge in [-0.25, -0.2) is 0 Å². The van der Waals surface area contributed by atoms with Crippen LogP contribution in [0.15, 0.2) is 0 Å². The quantitative estimate of drug-likeness (QED) is 0.345. The molecular weight excluding hydrogens is 248 g/mol. The summed E-state index contributed by atoms with van der Waals surface area (Å²) in [5, 5.41) is 8.46. The minimum Gasteiger partial charge on any atom is -0.481 e. The van der Waals surface area contributed by atoms with E-state index in [1.807, 2.05) is 0 Å². The van der Waals surface area contributed by atoms with Gasteiger partial charge in [-0.1, -0.05) is 96.8 Å². The first kappa shape index (κ1) is 19.5. The van der Waals surface area contributed by atoms with Crippen LogP contribution >= 0.6 is 0 Å². The van der Waals surface area contributed by atoms with E-state index in [2.05, 4.69) is 6.92 Å². The Morgan fingerprint density at radius 2 is 1.05 bits per heavy atom. The van der Waals surface area contributed by atoms with E-state index in [0.717, 1.165) is 12.8 Å². The molecule has 0 fully saturated rings. The average Bonchev–Trinajstić information content (AvgIpc) is 2.43. The number of unbranched alkanes of at least 4 members (excludes halogenated alkanes) is 14. The maximum absolute atomic E-state index is 10.3. The van der Waals surface area contributed by atoms with Crippen molar-refractivity contribution in [3.63, 3.8) is 0 Å². The van der Waals surface area contributed by atoms with Gasteiger partial charge in [0.1, 0.15) is 0 Å². The van der Waals surface area contributed by atoms with Gasteiger partial charge in [0.2, 0.25) is 0 Å². The summed E-state index contributed by atoms with van der Waals surface area (Å²) in [5.74, 6) is -0.778. The lowest BCUT2D eigenvalue weighted by molar-refractivity contribution is -0.133. The Kier molecular flexibility index (Phi) is 16.1. The molecule has 1 radical (unpaired) electrons. The molecule has 20 heavy (non-hydrogen) atoms. The van der Waals surface area contributed by atoms with Crippen LogP contribution in [-0.2, 0) is 4.79 Å². The fourth-order valence-electron chi connectivity index (χ4n) is 2.56. The van der Waals surface area contributed by atoms with Gasteiger partial charge >= 0.3 is 5.97 Å². The second-order valence-electron chi connectivity index (χ2n) is 5.93. The molecule has 2 heteroatoms. The number of rotatable bonds is 16. The van der Waals surface area contributed by atoms with Crippen molar-refractivity contribution in [2.75, 3.05) is 0 Å². The number of carboxylic acids is 1. The second kappa shape index (κ2) is 16.5. The molecule has 0 saturated heterocycles. The van der Waals surface area contributed by atoms with Gasteiger partial charge in [-0.15, -0.1) is 0 Å². The number of aliphatic carboxylic acids is 1. The molecule has 1 N–H and O–H groups in total. The normalized spacial score (nSPS) is 10.8. The summed E-state index contributed by atoms with van der Waals surface area (Å²) in [6, 6.07) is 0. The van der Waals surface area contributed by atoms with Crippen LogP contribution in [0.25, 0.3) is 0 Å². The van der Waals surface area contributed by atoms with Gasteiger partial charge in [0.05, 0.1) is 6.42 Å². The summed E-state index contributed by atoms with van der Waals surface area (Å²) in [4.78, 5) is 10.3. The predicted octanol–water partition coefficient (Wildman–Crippen LogP) is 6.15. The van der Waals surface area contributed by atoms with Gasteiger partial charge in [0.15, 0.2) is 0 Å². The Hall–Kier alpha value is -0.530. The Morgan fingerprint density at radius 3 is 1.40 bits per heavy atom. The van der Waals surface area contributed by atoms with Crippen molar-refractivity contribution in [3.05, 3.63) is 6.42 Å². The Labute approximate surface area is 126 Å². The minimum absolute atomic E-state index is 0.730. The third-order valence-corrected chi connectivity index (χ3v) is 3.88. The molecule has 2 nitrogen and oxygen atoms in total. The van der Waals surface area contributed by atoms with Crippen molar-refractivity contribution in [1.82, 2.24) is 0 Å². The zero-order valence-electron chi connectivity index (χ0n) is 13.5. The minimum atomic E-state index is -0.778. The summed E-state index contributed by atoms with van der Waals surface area (Å²) in [5.41, 5.74) is 0. The molecule has 0 aromatic heterocycles. The summed E-state index contributed by atoms with van der Waals surface area (Å²) in [7, 11) is 0. The Morgan fingerprint density at radius 1 is 0.700 bits per heavy atom. The second-order valence-corrected chi connectivity index (χ2v) is 5.93. The van der Waals surface area contributed by atoms with E-state index in [1.54, 1.807) is 0 Å². The van der Waals surface area contributed by atoms with Crippen LogP contribution in [0.4, 0.5) is 0 Å². The molecule has 0 unspecified atom stereocenters. The zero-order valence-corrected chi connectivity index (χ0v) is 13.5. The molecule has 0 spiro atoms. The van der Waals surface area contributed by atoms with Crippen LogP contribution in [0.2, 0.25) is 0 Å². The standard InChI is InChI=1S/C18H35O2/c1-2-3-4-5-6-7-8-9-10-11-12-13-14-15-16-17-18(19)20/h17H,2-16H2,1H3,(H,19,20). The molecule has 0 saturated carbocycles. The Bertz CT molecular complexity index is 202. The third kappa shape index (κ3) is 17.5. The Balaban J connectivity index is 2.94. The van der Waals surface area contributed by atoms with Crippen molar-refractivity contribution in [2.45, 2.75) is 103 Å². The van der Waals surface area contributed by atoms with Crippen LogP contribution in [0.3, 0.4) is 0 Å². The maximum Gasteiger partial charge on any atom is 0.307 e. The largest absolute Gasteiger partial charge is 0.481 e. The molecule has 119 valence electrons. The van der Waals surface area contributed by atoms with Gasteiger partial charge < -0.3 is 5.11 Å². The fourth-order valence-corrected chi connectivity index (χ4v) is 2.56. The van der Waals surface area contributed by atoms with E-state index in [-0.39, 0.29) is 0 Å². The van der Waals surface area contributed by atoms with Crippen molar-refractivity contribution in [3.8, 4) is 0 Å². The zero-order chi connectivity index (χ0) is 14.9. The van der Waals surface area contributed by atoms with Crippen LogP contribution in [0.5, 0.6) is 0 Å². The van der Waals surface area contributed by atoms with Gasteiger partial charge in [0.25, 0.3) is 0 Å². The molecule has 0 rings (SSSR count). The molecular formula is C18H35O2. The van der Waals surface area contributed by atoms with E-state index in [4.69, 9.17) is 5.11 Å². The smallest absolute Gasteiger partial charge is 0.307 e.